The number of aromatic nitrogens is 1. The molecule has 1 unspecified atom stereocenters. The summed E-state index contributed by atoms with van der Waals surface area (Å²) in [5.74, 6) is -0.221. The first-order valence-electron chi connectivity index (χ1n) is 5.74. The third-order valence-corrected chi connectivity index (χ3v) is 2.97. The number of fused-ring (bicyclic) bond motifs is 1. The molecule has 1 aromatic rings. The molecule has 1 aliphatic carbocycles. The highest BCUT2D eigenvalue weighted by molar-refractivity contribution is 5.69. The fourth-order valence-corrected chi connectivity index (χ4v) is 2.23. The molecule has 1 heterocycles. The van der Waals surface area contributed by atoms with Gasteiger partial charge in [-0.2, -0.15) is 0 Å². The average Bonchev–Trinajstić information content (AvgIpc) is 2.64. The molecular weight excluding hydrogens is 206 g/mol. The first-order chi connectivity index (χ1) is 7.72. The van der Waals surface area contributed by atoms with Gasteiger partial charge in [-0.15, -0.1) is 0 Å². The molecule has 2 rings (SSSR count). The van der Waals surface area contributed by atoms with Crippen LogP contribution in [-0.4, -0.2) is 22.2 Å². The molecule has 4 heteroatoms. The van der Waals surface area contributed by atoms with Gasteiger partial charge >= 0.3 is 5.97 Å². The molecule has 0 saturated heterocycles. The first kappa shape index (κ1) is 11.2. The predicted octanol–water partition coefficient (Wildman–Crippen LogP) is 1.42. The molecule has 88 valence electrons. The van der Waals surface area contributed by atoms with Crippen LogP contribution in [0.5, 0.6) is 0 Å². The highest BCUT2D eigenvalue weighted by Gasteiger charge is 2.21. The molecule has 0 aliphatic heterocycles. The molecule has 1 aliphatic rings. The molecule has 1 aromatic heterocycles. The summed E-state index contributed by atoms with van der Waals surface area (Å²) in [6, 6.07) is 1.90. The van der Waals surface area contributed by atoms with Crippen molar-refractivity contribution in [1.29, 1.82) is 0 Å². The van der Waals surface area contributed by atoms with Gasteiger partial charge in [-0.25, -0.2) is 0 Å². The summed E-state index contributed by atoms with van der Waals surface area (Å²) in [6.45, 7) is 2.45. The number of nitrogens with zero attached hydrogens (tertiary/aromatic N) is 1. The van der Waals surface area contributed by atoms with E-state index in [1.807, 2.05) is 16.8 Å². The van der Waals surface area contributed by atoms with Crippen molar-refractivity contribution in [2.75, 3.05) is 6.61 Å². The highest BCUT2D eigenvalue weighted by atomic mass is 16.5. The van der Waals surface area contributed by atoms with Gasteiger partial charge in [0, 0.05) is 17.5 Å². The van der Waals surface area contributed by atoms with Gasteiger partial charge in [-0.3, -0.25) is 4.79 Å². The number of rotatable bonds is 3. The van der Waals surface area contributed by atoms with Gasteiger partial charge in [0.05, 0.1) is 12.7 Å². The minimum Gasteiger partial charge on any atom is -0.465 e. The molecule has 0 saturated carbocycles. The second kappa shape index (κ2) is 4.70. The molecule has 0 bridgehead atoms. The van der Waals surface area contributed by atoms with E-state index < -0.39 is 0 Å². The van der Waals surface area contributed by atoms with Crippen molar-refractivity contribution in [1.82, 2.24) is 4.57 Å². The summed E-state index contributed by atoms with van der Waals surface area (Å²) in [5, 5.41) is 9.78. The SMILES string of the molecule is CCOC(=O)Cn1ccc2c1CCCC2O. The van der Waals surface area contributed by atoms with E-state index in [2.05, 4.69) is 0 Å². The van der Waals surface area contributed by atoms with E-state index in [4.69, 9.17) is 4.74 Å². The van der Waals surface area contributed by atoms with Crippen LogP contribution in [0.4, 0.5) is 0 Å². The van der Waals surface area contributed by atoms with Crippen LogP contribution in [0.3, 0.4) is 0 Å². The lowest BCUT2D eigenvalue weighted by atomic mass is 9.95. The van der Waals surface area contributed by atoms with Crippen molar-refractivity contribution in [3.8, 4) is 0 Å². The molecule has 1 atom stereocenters. The van der Waals surface area contributed by atoms with Crippen LogP contribution in [0, 0.1) is 0 Å². The van der Waals surface area contributed by atoms with Gasteiger partial charge in [0.25, 0.3) is 0 Å². The Bertz CT molecular complexity index is 384. The van der Waals surface area contributed by atoms with E-state index in [-0.39, 0.29) is 18.6 Å². The third-order valence-electron chi connectivity index (χ3n) is 2.97. The number of esters is 1. The Kier molecular flexibility index (Phi) is 3.29. The fourth-order valence-electron chi connectivity index (χ4n) is 2.23. The standard InChI is InChI=1S/C12H17NO3/c1-2-16-12(15)8-13-7-6-9-10(13)4-3-5-11(9)14/h6-7,11,14H,2-5,8H2,1H3. The summed E-state index contributed by atoms with van der Waals surface area (Å²) in [7, 11) is 0. The maximum atomic E-state index is 11.4. The third kappa shape index (κ3) is 2.11. The molecular formula is C12H17NO3. The van der Waals surface area contributed by atoms with E-state index in [9.17, 15) is 9.90 Å². The van der Waals surface area contributed by atoms with E-state index in [1.54, 1.807) is 6.92 Å². The van der Waals surface area contributed by atoms with Gasteiger partial charge < -0.3 is 14.4 Å². The zero-order valence-corrected chi connectivity index (χ0v) is 9.48. The van der Waals surface area contributed by atoms with Crippen molar-refractivity contribution in [3.05, 3.63) is 23.5 Å². The van der Waals surface area contributed by atoms with Crippen molar-refractivity contribution in [2.24, 2.45) is 0 Å². The van der Waals surface area contributed by atoms with Crippen molar-refractivity contribution < 1.29 is 14.6 Å². The van der Waals surface area contributed by atoms with Gasteiger partial charge in [0.2, 0.25) is 0 Å². The second-order valence-corrected chi connectivity index (χ2v) is 4.06. The second-order valence-electron chi connectivity index (χ2n) is 4.06. The largest absolute Gasteiger partial charge is 0.465 e. The maximum Gasteiger partial charge on any atom is 0.325 e. The van der Waals surface area contributed by atoms with Gasteiger partial charge in [0.15, 0.2) is 0 Å². The Hall–Kier alpha value is -1.29. The topological polar surface area (TPSA) is 51.5 Å². The monoisotopic (exact) mass is 223 g/mol. The van der Waals surface area contributed by atoms with E-state index in [0.717, 1.165) is 30.5 Å². The van der Waals surface area contributed by atoms with Crippen LogP contribution in [0.2, 0.25) is 0 Å². The van der Waals surface area contributed by atoms with Crippen LogP contribution in [-0.2, 0) is 22.5 Å². The average molecular weight is 223 g/mol. The number of ether oxygens (including phenoxy) is 1. The highest BCUT2D eigenvalue weighted by Crippen LogP contribution is 2.30. The zero-order valence-electron chi connectivity index (χ0n) is 9.48. The van der Waals surface area contributed by atoms with Crippen LogP contribution in [0.1, 0.15) is 37.1 Å². The van der Waals surface area contributed by atoms with Crippen LogP contribution in [0.15, 0.2) is 12.3 Å². The van der Waals surface area contributed by atoms with Crippen LogP contribution >= 0.6 is 0 Å². The molecule has 1 N–H and O–H groups in total. The number of aliphatic hydroxyl groups excluding tert-OH is 1. The maximum absolute atomic E-state index is 11.4. The lowest BCUT2D eigenvalue weighted by Gasteiger charge is -2.19. The normalized spacial score (nSPS) is 19.2. The molecule has 0 spiro atoms. The Morgan fingerprint density at radius 2 is 2.50 bits per heavy atom. The van der Waals surface area contributed by atoms with Crippen LogP contribution in [0.25, 0.3) is 0 Å². The Balaban J connectivity index is 2.14. The Morgan fingerprint density at radius 1 is 1.69 bits per heavy atom. The van der Waals surface area contributed by atoms with Gasteiger partial charge in [-0.05, 0) is 32.3 Å². The number of carbonyl (C=O) groups excluding carboxylic acids is 1. The smallest absolute Gasteiger partial charge is 0.325 e. The predicted molar refractivity (Wildman–Crippen MR) is 59.0 cm³/mol. The summed E-state index contributed by atoms with van der Waals surface area (Å²) >= 11 is 0. The number of hydrogen-bond acceptors (Lipinski definition) is 3. The molecule has 16 heavy (non-hydrogen) atoms. The van der Waals surface area contributed by atoms with Crippen molar-refractivity contribution >= 4 is 5.97 Å². The number of hydrogen-bond donors (Lipinski definition) is 1. The lowest BCUT2D eigenvalue weighted by molar-refractivity contribution is -0.143. The van der Waals surface area contributed by atoms with E-state index in [1.165, 1.54) is 0 Å². The summed E-state index contributed by atoms with van der Waals surface area (Å²) in [4.78, 5) is 11.4. The fraction of sp³-hybridized carbons (Fsp3) is 0.583. The molecule has 0 fully saturated rings. The van der Waals surface area contributed by atoms with Gasteiger partial charge in [0.1, 0.15) is 6.54 Å². The summed E-state index contributed by atoms with van der Waals surface area (Å²) in [6.07, 6.45) is 4.21. The van der Waals surface area contributed by atoms with E-state index >= 15 is 0 Å². The minimum absolute atomic E-state index is 0.221. The summed E-state index contributed by atoms with van der Waals surface area (Å²) < 4.78 is 6.80. The molecule has 0 aromatic carbocycles. The Labute approximate surface area is 94.8 Å². The number of aliphatic hydroxyl groups is 1. The summed E-state index contributed by atoms with van der Waals surface area (Å²) in [5.41, 5.74) is 2.04. The number of carbonyl (C=O) groups is 1. The zero-order chi connectivity index (χ0) is 11.5. The Morgan fingerprint density at radius 3 is 3.25 bits per heavy atom. The molecule has 0 radical (unpaired) electrons. The lowest BCUT2D eigenvalue weighted by Crippen LogP contribution is -2.17. The quantitative estimate of drug-likeness (QED) is 0.788. The minimum atomic E-state index is -0.368. The van der Waals surface area contributed by atoms with Crippen molar-refractivity contribution in [2.45, 2.75) is 38.8 Å². The van der Waals surface area contributed by atoms with E-state index in [0.29, 0.717) is 6.61 Å². The van der Waals surface area contributed by atoms with Gasteiger partial charge in [-0.1, -0.05) is 0 Å². The van der Waals surface area contributed by atoms with Crippen LogP contribution < -0.4 is 0 Å². The molecule has 4 nitrogen and oxygen atoms in total. The first-order valence-corrected chi connectivity index (χ1v) is 5.74. The molecule has 0 amide bonds. The van der Waals surface area contributed by atoms with Crippen molar-refractivity contribution in [3.63, 3.8) is 0 Å².